The highest BCUT2D eigenvalue weighted by Crippen LogP contribution is 2.62. The lowest BCUT2D eigenvalue weighted by Gasteiger charge is -2.30. The standard InChI is InChI=1S/C29H20.C7H8/c1-3-19(2)20-16-17-24-23-12-6-9-15-27(23)29(28(24)18-20)25-13-7-4-10-21(25)22-11-5-8-14-26(22)29;1-7-5-3-2-4-6-7/h3-18H,1-2H2;2-6H,1H3. The number of allylic oxidation sites excluding steroid dienone is 2. The van der Waals surface area contributed by atoms with Gasteiger partial charge in [0.25, 0.3) is 0 Å². The van der Waals surface area contributed by atoms with Gasteiger partial charge >= 0.3 is 0 Å². The van der Waals surface area contributed by atoms with E-state index in [4.69, 9.17) is 0 Å². The van der Waals surface area contributed by atoms with Gasteiger partial charge in [0.1, 0.15) is 0 Å². The van der Waals surface area contributed by atoms with Gasteiger partial charge in [0, 0.05) is 0 Å². The van der Waals surface area contributed by atoms with Crippen LogP contribution in [0.2, 0.25) is 0 Å². The molecule has 0 heteroatoms. The summed E-state index contributed by atoms with van der Waals surface area (Å²) in [5.41, 5.74) is 13.9. The summed E-state index contributed by atoms with van der Waals surface area (Å²) in [4.78, 5) is 0. The molecular weight excluding hydrogens is 432 g/mol. The number of aryl methyl sites for hydroxylation is 1. The van der Waals surface area contributed by atoms with Crippen molar-refractivity contribution in [2.75, 3.05) is 0 Å². The third-order valence-corrected chi connectivity index (χ3v) is 7.55. The fourth-order valence-corrected chi connectivity index (χ4v) is 5.95. The van der Waals surface area contributed by atoms with E-state index in [1.54, 1.807) is 0 Å². The second-order valence-corrected chi connectivity index (χ2v) is 9.53. The lowest BCUT2D eigenvalue weighted by Crippen LogP contribution is -2.25. The van der Waals surface area contributed by atoms with Gasteiger partial charge in [-0.3, -0.25) is 0 Å². The molecule has 2 aliphatic rings. The first kappa shape index (κ1) is 22.1. The molecule has 0 heterocycles. The van der Waals surface area contributed by atoms with Gasteiger partial charge in [-0.15, -0.1) is 0 Å². The van der Waals surface area contributed by atoms with Crippen LogP contribution >= 0.6 is 0 Å². The molecule has 5 aromatic carbocycles. The van der Waals surface area contributed by atoms with E-state index < -0.39 is 0 Å². The zero-order chi connectivity index (χ0) is 24.7. The Morgan fingerprint density at radius 2 is 1.00 bits per heavy atom. The van der Waals surface area contributed by atoms with E-state index >= 15 is 0 Å². The van der Waals surface area contributed by atoms with Crippen LogP contribution in [0.5, 0.6) is 0 Å². The summed E-state index contributed by atoms with van der Waals surface area (Å²) in [6, 6.07) is 43.6. The molecular formula is C36H28. The van der Waals surface area contributed by atoms with Crippen LogP contribution in [-0.2, 0) is 5.41 Å². The highest BCUT2D eigenvalue weighted by molar-refractivity contribution is 5.95. The molecule has 0 radical (unpaired) electrons. The molecule has 0 fully saturated rings. The van der Waals surface area contributed by atoms with Crippen molar-refractivity contribution < 1.29 is 0 Å². The van der Waals surface area contributed by atoms with Crippen molar-refractivity contribution in [1.82, 2.24) is 0 Å². The molecule has 7 rings (SSSR count). The molecule has 0 saturated heterocycles. The highest BCUT2D eigenvalue weighted by atomic mass is 14.5. The Kier molecular flexibility index (Phi) is 5.31. The van der Waals surface area contributed by atoms with Crippen molar-refractivity contribution in [1.29, 1.82) is 0 Å². The zero-order valence-electron chi connectivity index (χ0n) is 20.5. The number of benzene rings is 5. The normalized spacial score (nSPS) is 13.0. The summed E-state index contributed by atoms with van der Waals surface area (Å²) in [7, 11) is 0. The second-order valence-electron chi connectivity index (χ2n) is 9.53. The molecule has 0 unspecified atom stereocenters. The summed E-state index contributed by atoms with van der Waals surface area (Å²) in [6.45, 7) is 10.2. The van der Waals surface area contributed by atoms with Crippen molar-refractivity contribution >= 4 is 5.57 Å². The number of fused-ring (bicyclic) bond motifs is 10. The Labute approximate surface area is 213 Å². The maximum absolute atomic E-state index is 4.20. The van der Waals surface area contributed by atoms with Gasteiger partial charge in [-0.25, -0.2) is 0 Å². The summed E-state index contributed by atoms with van der Waals surface area (Å²) in [6.07, 6.45) is 1.84. The first-order chi connectivity index (χ1) is 17.7. The molecule has 0 aliphatic heterocycles. The molecule has 0 N–H and O–H groups in total. The quantitative estimate of drug-likeness (QED) is 0.226. The van der Waals surface area contributed by atoms with Crippen LogP contribution in [0.1, 0.15) is 33.4 Å². The van der Waals surface area contributed by atoms with Crippen LogP contribution in [-0.4, -0.2) is 0 Å². The van der Waals surface area contributed by atoms with Crippen molar-refractivity contribution in [3.05, 3.63) is 174 Å². The summed E-state index contributed by atoms with van der Waals surface area (Å²) in [5, 5.41) is 0. The minimum Gasteiger partial charge on any atom is -0.0985 e. The Balaban J connectivity index is 0.000000299. The molecule has 36 heavy (non-hydrogen) atoms. The number of rotatable bonds is 2. The Morgan fingerprint density at radius 3 is 1.44 bits per heavy atom. The molecule has 172 valence electrons. The van der Waals surface area contributed by atoms with Crippen molar-refractivity contribution in [2.24, 2.45) is 0 Å². The van der Waals surface area contributed by atoms with Gasteiger partial charge in [-0.2, -0.15) is 0 Å². The third-order valence-electron chi connectivity index (χ3n) is 7.55. The van der Waals surface area contributed by atoms with E-state index in [1.165, 1.54) is 50.1 Å². The second kappa shape index (κ2) is 8.66. The maximum Gasteiger partial charge on any atom is 0.0725 e. The largest absolute Gasteiger partial charge is 0.0985 e. The Bertz CT molecular complexity index is 1550. The van der Waals surface area contributed by atoms with Gasteiger partial charge in [-0.1, -0.05) is 140 Å². The van der Waals surface area contributed by atoms with Crippen molar-refractivity contribution in [2.45, 2.75) is 12.3 Å². The fraction of sp³-hybridized carbons (Fsp3) is 0.0556. The summed E-state index contributed by atoms with van der Waals surface area (Å²) < 4.78 is 0. The molecule has 5 aromatic rings. The van der Waals surface area contributed by atoms with E-state index in [2.05, 4.69) is 123 Å². The molecule has 0 nitrogen and oxygen atoms in total. The number of hydrogen-bond donors (Lipinski definition) is 0. The van der Waals surface area contributed by atoms with E-state index in [1.807, 2.05) is 24.3 Å². The smallest absolute Gasteiger partial charge is 0.0725 e. The van der Waals surface area contributed by atoms with E-state index in [-0.39, 0.29) is 5.41 Å². The van der Waals surface area contributed by atoms with E-state index in [0.717, 1.165) is 11.1 Å². The lowest BCUT2D eigenvalue weighted by atomic mass is 9.70. The molecule has 0 amide bonds. The lowest BCUT2D eigenvalue weighted by molar-refractivity contribution is 0.793. The Morgan fingerprint density at radius 1 is 0.556 bits per heavy atom. The monoisotopic (exact) mass is 460 g/mol. The molecule has 1 spiro atoms. The SMILES string of the molecule is C=CC(=C)c1ccc2c(c1)C1(c3ccccc3-c3ccccc31)c1ccccc1-2.Cc1ccccc1. The predicted molar refractivity (Wildman–Crippen MR) is 153 cm³/mol. The average Bonchev–Trinajstić information content (AvgIpc) is 3.40. The highest BCUT2D eigenvalue weighted by Gasteiger charge is 2.51. The summed E-state index contributed by atoms with van der Waals surface area (Å²) in [5.74, 6) is 0. The number of hydrogen-bond acceptors (Lipinski definition) is 0. The van der Waals surface area contributed by atoms with Gasteiger partial charge in [0.05, 0.1) is 5.41 Å². The minimum atomic E-state index is -0.281. The van der Waals surface area contributed by atoms with Gasteiger partial charge in [0.15, 0.2) is 0 Å². The predicted octanol–water partition coefficient (Wildman–Crippen LogP) is 9.22. The van der Waals surface area contributed by atoms with Crippen LogP contribution < -0.4 is 0 Å². The summed E-state index contributed by atoms with van der Waals surface area (Å²) >= 11 is 0. The van der Waals surface area contributed by atoms with Crippen LogP contribution in [0.4, 0.5) is 0 Å². The molecule has 2 aliphatic carbocycles. The van der Waals surface area contributed by atoms with E-state index in [0.29, 0.717) is 0 Å². The first-order valence-corrected chi connectivity index (χ1v) is 12.4. The van der Waals surface area contributed by atoms with Crippen LogP contribution in [0.3, 0.4) is 0 Å². The van der Waals surface area contributed by atoms with Crippen molar-refractivity contribution in [3.8, 4) is 22.3 Å². The molecule has 0 bridgehead atoms. The first-order valence-electron chi connectivity index (χ1n) is 12.4. The van der Waals surface area contributed by atoms with Crippen LogP contribution in [0.15, 0.2) is 141 Å². The molecule has 0 aromatic heterocycles. The molecule has 0 saturated carbocycles. The van der Waals surface area contributed by atoms with Gasteiger partial charge in [0.2, 0.25) is 0 Å². The van der Waals surface area contributed by atoms with Crippen LogP contribution in [0.25, 0.3) is 27.8 Å². The topological polar surface area (TPSA) is 0 Å². The van der Waals surface area contributed by atoms with E-state index in [9.17, 15) is 0 Å². The third kappa shape index (κ3) is 3.15. The van der Waals surface area contributed by atoms with Gasteiger partial charge < -0.3 is 0 Å². The minimum absolute atomic E-state index is 0.281. The Hall–Kier alpha value is -4.42. The average molecular weight is 461 g/mol. The fourth-order valence-electron chi connectivity index (χ4n) is 5.95. The maximum atomic E-state index is 4.20. The van der Waals surface area contributed by atoms with Gasteiger partial charge in [-0.05, 0) is 68.6 Å². The molecule has 0 atom stereocenters. The van der Waals surface area contributed by atoms with Crippen LogP contribution in [0, 0.1) is 6.92 Å². The van der Waals surface area contributed by atoms with Crippen molar-refractivity contribution in [3.63, 3.8) is 0 Å². The zero-order valence-corrected chi connectivity index (χ0v) is 20.5.